The quantitative estimate of drug-likeness (QED) is 0.575. The summed E-state index contributed by atoms with van der Waals surface area (Å²) in [5.74, 6) is 1.90. The Labute approximate surface area is 161 Å². The van der Waals surface area contributed by atoms with Gasteiger partial charge in [-0.3, -0.25) is 0 Å². The summed E-state index contributed by atoms with van der Waals surface area (Å²) in [5.41, 5.74) is 0. The standard InChI is InChI=1S/C18H27NO2S2Si2/c1-20-15-11-7-9-13-17(15)22-24(3,4)19-25(5,6)23-18-14-10-8-12-16(18)21-2/h7-14,19H,1-6H3. The maximum atomic E-state index is 5.51. The smallest absolute Gasteiger partial charge is 0.182 e. The number of benzene rings is 2. The van der Waals surface area contributed by atoms with Crippen molar-refractivity contribution < 1.29 is 9.47 Å². The Morgan fingerprint density at radius 1 is 0.680 bits per heavy atom. The van der Waals surface area contributed by atoms with Gasteiger partial charge in [0.2, 0.25) is 0 Å². The Morgan fingerprint density at radius 3 is 1.40 bits per heavy atom. The lowest BCUT2D eigenvalue weighted by molar-refractivity contribution is 0.405. The van der Waals surface area contributed by atoms with Crippen molar-refractivity contribution in [1.29, 1.82) is 0 Å². The van der Waals surface area contributed by atoms with Gasteiger partial charge in [0, 0.05) is 9.79 Å². The molecule has 2 aromatic carbocycles. The van der Waals surface area contributed by atoms with Crippen LogP contribution in [0.4, 0.5) is 0 Å². The van der Waals surface area contributed by atoms with Gasteiger partial charge in [-0.25, -0.2) is 0 Å². The largest absolute Gasteiger partial charge is 0.496 e. The molecule has 2 aromatic rings. The monoisotopic (exact) mass is 409 g/mol. The number of para-hydroxylation sites is 2. The summed E-state index contributed by atoms with van der Waals surface area (Å²) >= 11 is 3.87. The van der Waals surface area contributed by atoms with Crippen molar-refractivity contribution in [2.24, 2.45) is 0 Å². The topological polar surface area (TPSA) is 30.5 Å². The highest BCUT2D eigenvalue weighted by atomic mass is 32.4. The second kappa shape index (κ2) is 8.68. The highest BCUT2D eigenvalue weighted by Gasteiger charge is 2.34. The third kappa shape index (κ3) is 6.11. The molecule has 7 heteroatoms. The summed E-state index contributed by atoms with van der Waals surface area (Å²) in [6, 6.07) is 16.5. The Hall–Kier alpha value is -0.866. The fourth-order valence-corrected chi connectivity index (χ4v) is 21.2. The molecule has 0 saturated heterocycles. The van der Waals surface area contributed by atoms with Crippen LogP contribution in [0.1, 0.15) is 0 Å². The Bertz CT molecular complexity index is 651. The first-order valence-corrected chi connectivity index (χ1v) is 17.3. The lowest BCUT2D eigenvalue weighted by atomic mass is 10.3. The summed E-state index contributed by atoms with van der Waals surface area (Å²) in [6.45, 7) is 9.45. The van der Waals surface area contributed by atoms with Crippen LogP contribution >= 0.6 is 22.4 Å². The molecule has 0 heterocycles. The Balaban J connectivity index is 2.12. The van der Waals surface area contributed by atoms with Crippen LogP contribution in [0.2, 0.25) is 26.2 Å². The molecule has 25 heavy (non-hydrogen) atoms. The summed E-state index contributed by atoms with van der Waals surface area (Å²) in [4.78, 5) is 2.42. The molecule has 0 radical (unpaired) electrons. The zero-order valence-electron chi connectivity index (χ0n) is 15.8. The van der Waals surface area contributed by atoms with E-state index in [0.29, 0.717) is 0 Å². The van der Waals surface area contributed by atoms with Crippen LogP contribution < -0.4 is 14.1 Å². The van der Waals surface area contributed by atoms with Gasteiger partial charge in [0.25, 0.3) is 0 Å². The highest BCUT2D eigenvalue weighted by Crippen LogP contribution is 2.39. The van der Waals surface area contributed by atoms with Gasteiger partial charge in [-0.05, 0) is 50.5 Å². The number of nitrogens with one attached hydrogen (secondary N) is 1. The predicted octanol–water partition coefficient (Wildman–Crippen LogP) is 5.58. The number of hydrogen-bond donors (Lipinski definition) is 1. The summed E-state index contributed by atoms with van der Waals surface area (Å²) < 4.78 is 15.0. The fraction of sp³-hybridized carbons (Fsp3) is 0.333. The molecular formula is C18H27NO2S2Si2. The van der Waals surface area contributed by atoms with E-state index >= 15 is 0 Å². The second-order valence-corrected chi connectivity index (χ2v) is 22.3. The van der Waals surface area contributed by atoms with Crippen molar-refractivity contribution >= 4 is 37.2 Å². The minimum Gasteiger partial charge on any atom is -0.496 e. The minimum absolute atomic E-state index is 0.951. The maximum absolute atomic E-state index is 5.51. The molecule has 0 aliphatic rings. The molecule has 0 atom stereocenters. The number of rotatable bonds is 8. The van der Waals surface area contributed by atoms with E-state index in [1.165, 1.54) is 9.79 Å². The lowest BCUT2D eigenvalue weighted by Crippen LogP contribution is -2.55. The molecule has 0 saturated carbocycles. The van der Waals surface area contributed by atoms with Crippen molar-refractivity contribution in [2.45, 2.75) is 36.0 Å². The van der Waals surface area contributed by atoms with Gasteiger partial charge in [0.05, 0.1) is 14.2 Å². The van der Waals surface area contributed by atoms with Gasteiger partial charge >= 0.3 is 0 Å². The molecule has 0 aromatic heterocycles. The average molecular weight is 410 g/mol. The lowest BCUT2D eigenvalue weighted by Gasteiger charge is -2.33. The van der Waals surface area contributed by atoms with Gasteiger partial charge in [0.15, 0.2) is 14.8 Å². The fourth-order valence-electron chi connectivity index (χ4n) is 2.73. The van der Waals surface area contributed by atoms with Crippen LogP contribution in [0.15, 0.2) is 58.3 Å². The Kier molecular flexibility index (Phi) is 7.10. The van der Waals surface area contributed by atoms with Gasteiger partial charge in [-0.15, -0.1) is 22.4 Å². The molecule has 0 unspecified atom stereocenters. The maximum Gasteiger partial charge on any atom is 0.182 e. The normalized spacial score (nSPS) is 12.1. The van der Waals surface area contributed by atoms with Gasteiger partial charge < -0.3 is 14.1 Å². The van der Waals surface area contributed by atoms with E-state index in [9.17, 15) is 0 Å². The predicted molar refractivity (Wildman–Crippen MR) is 116 cm³/mol. The molecule has 0 bridgehead atoms. The molecular weight excluding hydrogens is 383 g/mol. The van der Waals surface area contributed by atoms with E-state index < -0.39 is 14.8 Å². The van der Waals surface area contributed by atoms with Crippen molar-refractivity contribution in [3.8, 4) is 11.5 Å². The average Bonchev–Trinajstić information content (AvgIpc) is 2.54. The molecule has 0 aliphatic heterocycles. The number of methoxy groups -OCH3 is 2. The van der Waals surface area contributed by atoms with Crippen LogP contribution in [0.5, 0.6) is 11.5 Å². The van der Waals surface area contributed by atoms with E-state index in [1.54, 1.807) is 14.2 Å². The first-order chi connectivity index (χ1) is 11.8. The third-order valence-corrected chi connectivity index (χ3v) is 16.6. The molecule has 0 aliphatic carbocycles. The van der Waals surface area contributed by atoms with Crippen molar-refractivity contribution in [3.63, 3.8) is 0 Å². The van der Waals surface area contributed by atoms with Crippen LogP contribution in [0, 0.1) is 0 Å². The van der Waals surface area contributed by atoms with Crippen LogP contribution in [-0.2, 0) is 0 Å². The van der Waals surface area contributed by atoms with Gasteiger partial charge in [-0.1, -0.05) is 24.3 Å². The summed E-state index contributed by atoms with van der Waals surface area (Å²) in [6.07, 6.45) is 0. The van der Waals surface area contributed by atoms with Crippen LogP contribution in [0.25, 0.3) is 0 Å². The first kappa shape index (κ1) is 20.4. The van der Waals surface area contributed by atoms with Crippen LogP contribution in [-0.4, -0.2) is 29.0 Å². The van der Waals surface area contributed by atoms with Crippen molar-refractivity contribution in [1.82, 2.24) is 4.65 Å². The second-order valence-electron chi connectivity index (χ2n) is 6.65. The molecule has 1 N–H and O–H groups in total. The van der Waals surface area contributed by atoms with Gasteiger partial charge in [0.1, 0.15) is 11.5 Å². The SMILES string of the molecule is COc1ccccc1S[Si](C)(C)N[Si](C)(C)Sc1ccccc1OC. The van der Waals surface area contributed by atoms with Crippen molar-refractivity contribution in [3.05, 3.63) is 48.5 Å². The number of ether oxygens (including phenoxy) is 2. The minimum atomic E-state index is -1.72. The summed E-state index contributed by atoms with van der Waals surface area (Å²) in [5, 5.41) is 0. The first-order valence-electron chi connectivity index (χ1n) is 8.20. The third-order valence-electron chi connectivity index (χ3n) is 3.47. The van der Waals surface area contributed by atoms with E-state index in [0.717, 1.165) is 11.5 Å². The van der Waals surface area contributed by atoms with Gasteiger partial charge in [-0.2, -0.15) is 0 Å². The molecule has 0 spiro atoms. The zero-order chi connectivity index (χ0) is 18.5. The Morgan fingerprint density at radius 2 is 1.04 bits per heavy atom. The van der Waals surface area contributed by atoms with E-state index in [1.807, 2.05) is 46.7 Å². The van der Waals surface area contributed by atoms with E-state index in [4.69, 9.17) is 9.47 Å². The molecule has 0 amide bonds. The zero-order valence-corrected chi connectivity index (χ0v) is 19.4. The molecule has 2 rings (SSSR count). The number of hydrogen-bond acceptors (Lipinski definition) is 5. The summed E-state index contributed by atoms with van der Waals surface area (Å²) in [7, 11) is 0.0236. The van der Waals surface area contributed by atoms with E-state index in [2.05, 4.69) is 55.1 Å². The van der Waals surface area contributed by atoms with E-state index in [-0.39, 0.29) is 0 Å². The van der Waals surface area contributed by atoms with Crippen LogP contribution in [0.3, 0.4) is 0 Å². The highest BCUT2D eigenvalue weighted by molar-refractivity contribution is 8.32. The van der Waals surface area contributed by atoms with Crippen molar-refractivity contribution in [2.75, 3.05) is 14.2 Å². The molecule has 0 fully saturated rings. The molecule has 136 valence electrons. The molecule has 3 nitrogen and oxygen atoms in total.